The van der Waals surface area contributed by atoms with E-state index in [1.807, 2.05) is 6.92 Å². The summed E-state index contributed by atoms with van der Waals surface area (Å²) in [5.41, 5.74) is -0.673. The summed E-state index contributed by atoms with van der Waals surface area (Å²) in [4.78, 5) is 13.9. The maximum atomic E-state index is 13.4. The van der Waals surface area contributed by atoms with Crippen molar-refractivity contribution in [1.29, 1.82) is 0 Å². The average molecular weight is 518 g/mol. The Bertz CT molecular complexity index is 1290. The van der Waals surface area contributed by atoms with E-state index in [4.69, 9.17) is 4.98 Å². The van der Waals surface area contributed by atoms with Crippen LogP contribution in [0.4, 0.5) is 24.9 Å². The van der Waals surface area contributed by atoms with Gasteiger partial charge in [-0.25, -0.2) is 4.68 Å². The monoisotopic (exact) mass is 517 g/mol. The molecule has 4 heterocycles. The highest BCUT2D eigenvalue weighted by Crippen LogP contribution is 2.35. The highest BCUT2D eigenvalue weighted by atomic mass is 19.4. The molecule has 198 valence electrons. The molecule has 0 unspecified atom stereocenters. The van der Waals surface area contributed by atoms with E-state index in [1.54, 1.807) is 12.3 Å². The molecule has 3 aliphatic rings. The molecule has 3 N–H and O–H groups in total. The minimum Gasteiger partial charge on any atom is -0.393 e. The number of aromatic nitrogens is 4. The minimum absolute atomic E-state index is 0.0375. The Kier molecular flexibility index (Phi) is 5.81. The summed E-state index contributed by atoms with van der Waals surface area (Å²) in [5.74, 6) is 1.05. The maximum absolute atomic E-state index is 13.4. The molecule has 12 heteroatoms. The molecule has 6 rings (SSSR count). The van der Waals surface area contributed by atoms with Crippen LogP contribution in [0.5, 0.6) is 0 Å². The van der Waals surface area contributed by atoms with Crippen LogP contribution in [-0.2, 0) is 6.18 Å². The number of hydrogen-bond donors (Lipinski definition) is 3. The van der Waals surface area contributed by atoms with Gasteiger partial charge in [-0.1, -0.05) is 6.07 Å². The normalized spacial score (nSPS) is 24.6. The number of nitrogens with zero attached hydrogens (tertiary/aromatic N) is 6. The van der Waals surface area contributed by atoms with Crippen molar-refractivity contribution in [1.82, 2.24) is 24.6 Å². The van der Waals surface area contributed by atoms with Crippen LogP contribution in [0.2, 0.25) is 0 Å². The molecule has 1 aliphatic carbocycles. The number of aliphatic hydroxyl groups is 2. The van der Waals surface area contributed by atoms with E-state index >= 15 is 0 Å². The Labute approximate surface area is 211 Å². The summed E-state index contributed by atoms with van der Waals surface area (Å²) in [7, 11) is 0. The zero-order valence-electron chi connectivity index (χ0n) is 20.5. The topological polar surface area (TPSA) is 103 Å². The number of aliphatic hydroxyl groups excluding tert-OH is 1. The van der Waals surface area contributed by atoms with Gasteiger partial charge in [-0.2, -0.15) is 28.2 Å². The van der Waals surface area contributed by atoms with Gasteiger partial charge in [0.25, 0.3) is 0 Å². The van der Waals surface area contributed by atoms with Crippen molar-refractivity contribution in [2.45, 2.75) is 62.6 Å². The quantitative estimate of drug-likeness (QED) is 0.475. The lowest BCUT2D eigenvalue weighted by Gasteiger charge is -2.49. The number of fused-ring (bicyclic) bond motifs is 1. The number of benzene rings is 1. The lowest BCUT2D eigenvalue weighted by Crippen LogP contribution is -2.62. The number of rotatable bonds is 5. The van der Waals surface area contributed by atoms with Crippen LogP contribution < -0.4 is 10.2 Å². The molecule has 0 spiro atoms. The van der Waals surface area contributed by atoms with Gasteiger partial charge in [0.2, 0.25) is 5.95 Å². The number of hydrogen-bond acceptors (Lipinski definition) is 8. The first-order valence-electron chi connectivity index (χ1n) is 12.7. The van der Waals surface area contributed by atoms with E-state index in [0.29, 0.717) is 41.7 Å². The fraction of sp³-hybridized carbons (Fsp3) is 0.560. The Morgan fingerprint density at radius 2 is 1.84 bits per heavy atom. The van der Waals surface area contributed by atoms with Crippen molar-refractivity contribution in [3.8, 4) is 5.69 Å². The van der Waals surface area contributed by atoms with Crippen molar-refractivity contribution in [3.63, 3.8) is 0 Å². The summed E-state index contributed by atoms with van der Waals surface area (Å²) in [6, 6.07) is 5.41. The minimum atomic E-state index is -4.47. The summed E-state index contributed by atoms with van der Waals surface area (Å²) < 4.78 is 41.5. The Balaban J connectivity index is 1.31. The predicted octanol–water partition coefficient (Wildman–Crippen LogP) is 2.80. The molecule has 3 fully saturated rings. The predicted molar refractivity (Wildman–Crippen MR) is 132 cm³/mol. The molecule has 3 aromatic rings. The largest absolute Gasteiger partial charge is 0.416 e. The second-order valence-electron chi connectivity index (χ2n) is 10.8. The first-order valence-corrected chi connectivity index (χ1v) is 12.7. The van der Waals surface area contributed by atoms with Crippen LogP contribution in [0.3, 0.4) is 0 Å². The second-order valence-corrected chi connectivity index (χ2v) is 10.8. The Hall–Kier alpha value is -2.96. The van der Waals surface area contributed by atoms with Crippen LogP contribution in [0.25, 0.3) is 16.7 Å². The first-order chi connectivity index (χ1) is 17.6. The summed E-state index contributed by atoms with van der Waals surface area (Å²) in [6.07, 6.45) is -0.544. The van der Waals surface area contributed by atoms with Crippen LogP contribution in [0, 0.1) is 0 Å². The molecule has 0 amide bonds. The zero-order chi connectivity index (χ0) is 25.9. The highest BCUT2D eigenvalue weighted by Gasteiger charge is 2.38. The molecule has 2 saturated heterocycles. The molecular weight excluding hydrogens is 487 g/mol. The lowest BCUT2D eigenvalue weighted by atomic mass is 9.90. The molecule has 0 atom stereocenters. The van der Waals surface area contributed by atoms with Gasteiger partial charge >= 0.3 is 6.18 Å². The van der Waals surface area contributed by atoms with Gasteiger partial charge in [0, 0.05) is 38.3 Å². The zero-order valence-corrected chi connectivity index (χ0v) is 20.5. The summed E-state index contributed by atoms with van der Waals surface area (Å²) in [6.45, 7) is 5.08. The number of nitrogens with one attached hydrogen (secondary N) is 1. The highest BCUT2D eigenvalue weighted by molar-refractivity contribution is 5.89. The smallest absolute Gasteiger partial charge is 0.393 e. The SMILES string of the molecule is CC1(O)CCN(C2CN(c3nc(N[C@H]4C[C@H](O)C4)nc4c3cnn4-c3cccc(C(F)(F)F)c3)C2)CC1. The van der Waals surface area contributed by atoms with Gasteiger partial charge in [0.15, 0.2) is 5.65 Å². The molecule has 0 bridgehead atoms. The van der Waals surface area contributed by atoms with Crippen molar-refractivity contribution in [3.05, 3.63) is 36.0 Å². The van der Waals surface area contributed by atoms with E-state index in [2.05, 4.69) is 25.2 Å². The van der Waals surface area contributed by atoms with E-state index in [1.165, 1.54) is 10.7 Å². The number of likely N-dealkylation sites (tertiary alicyclic amines) is 1. The van der Waals surface area contributed by atoms with E-state index < -0.39 is 17.3 Å². The molecule has 2 aliphatic heterocycles. The fourth-order valence-electron chi connectivity index (χ4n) is 5.32. The van der Waals surface area contributed by atoms with Crippen LogP contribution in [0.15, 0.2) is 30.5 Å². The van der Waals surface area contributed by atoms with Gasteiger partial charge < -0.3 is 20.4 Å². The van der Waals surface area contributed by atoms with Gasteiger partial charge in [0.05, 0.1) is 34.5 Å². The van der Waals surface area contributed by atoms with Crippen molar-refractivity contribution in [2.24, 2.45) is 0 Å². The third-order valence-electron chi connectivity index (χ3n) is 7.83. The van der Waals surface area contributed by atoms with Gasteiger partial charge in [-0.3, -0.25) is 4.90 Å². The Morgan fingerprint density at radius 3 is 2.51 bits per heavy atom. The summed E-state index contributed by atoms with van der Waals surface area (Å²) in [5, 5.41) is 28.3. The molecule has 0 radical (unpaired) electrons. The standard InChI is InChI=1S/C25H30F3N7O2/c1-24(37)5-7-33(8-6-24)18-13-34(14-18)21-20-12-29-35(17-4-2-3-15(9-17)25(26,27)28)22(20)32-23(31-21)30-16-10-19(36)11-16/h2-4,9,12,16,18-19,36-37H,5-8,10-11,13-14H2,1H3,(H,30,31,32)/t16-,19-. The molecule has 37 heavy (non-hydrogen) atoms. The van der Waals surface area contributed by atoms with Crippen molar-refractivity contribution in [2.75, 3.05) is 36.4 Å². The number of piperidine rings is 1. The van der Waals surface area contributed by atoms with Crippen molar-refractivity contribution >= 4 is 22.8 Å². The summed E-state index contributed by atoms with van der Waals surface area (Å²) >= 11 is 0. The molecule has 2 aromatic heterocycles. The first kappa shape index (κ1) is 24.4. The van der Waals surface area contributed by atoms with Crippen LogP contribution in [-0.4, -0.2) is 84.8 Å². The average Bonchev–Trinajstić information content (AvgIpc) is 3.22. The van der Waals surface area contributed by atoms with Crippen LogP contribution >= 0.6 is 0 Å². The molecule has 1 saturated carbocycles. The third-order valence-corrected chi connectivity index (χ3v) is 7.83. The Morgan fingerprint density at radius 1 is 1.11 bits per heavy atom. The number of alkyl halides is 3. The van der Waals surface area contributed by atoms with E-state index in [0.717, 1.165) is 51.2 Å². The van der Waals surface area contributed by atoms with Gasteiger partial charge in [-0.15, -0.1) is 0 Å². The second kappa shape index (κ2) is 8.81. The van der Waals surface area contributed by atoms with Gasteiger partial charge in [-0.05, 0) is 50.8 Å². The van der Waals surface area contributed by atoms with Crippen LogP contribution in [0.1, 0.15) is 38.2 Å². The van der Waals surface area contributed by atoms with E-state index in [9.17, 15) is 23.4 Å². The van der Waals surface area contributed by atoms with E-state index in [-0.39, 0.29) is 17.8 Å². The molecule has 1 aromatic carbocycles. The third kappa shape index (κ3) is 4.73. The fourth-order valence-corrected chi connectivity index (χ4v) is 5.32. The molecular formula is C25H30F3N7O2. The number of anilines is 2. The number of halogens is 3. The van der Waals surface area contributed by atoms with Crippen molar-refractivity contribution < 1.29 is 23.4 Å². The van der Waals surface area contributed by atoms with Gasteiger partial charge in [0.1, 0.15) is 5.82 Å². The maximum Gasteiger partial charge on any atom is 0.416 e. The lowest BCUT2D eigenvalue weighted by molar-refractivity contribution is -0.137. The molecule has 9 nitrogen and oxygen atoms in total.